The van der Waals surface area contributed by atoms with E-state index in [2.05, 4.69) is 17.9 Å². The summed E-state index contributed by atoms with van der Waals surface area (Å²) in [6, 6.07) is 5.97. The summed E-state index contributed by atoms with van der Waals surface area (Å²) < 4.78 is 82.4. The van der Waals surface area contributed by atoms with Gasteiger partial charge >= 0.3 is 18.2 Å². The SMILES string of the molecule is CN1CCCN(C(=O)Oc2ccc3c(c2)C[C@@H](CCCS(=O)CCCC(F)(F)C(F)(F)F)[C@@H]2[C@@H]3CC[C@]3(C)[C@@H](O)CC[C@@H]23)CC1. The predicted molar refractivity (Wildman–Crippen MR) is 163 cm³/mol. The number of halogens is 5. The highest BCUT2D eigenvalue weighted by molar-refractivity contribution is 7.84. The molecule has 45 heavy (non-hydrogen) atoms. The summed E-state index contributed by atoms with van der Waals surface area (Å²) in [6.07, 6.45) is -1.51. The Morgan fingerprint density at radius 2 is 1.82 bits per heavy atom. The first-order chi connectivity index (χ1) is 21.2. The van der Waals surface area contributed by atoms with Crippen molar-refractivity contribution in [3.05, 3.63) is 29.3 Å². The van der Waals surface area contributed by atoms with Gasteiger partial charge in [0.25, 0.3) is 0 Å². The molecule has 6 nitrogen and oxygen atoms in total. The van der Waals surface area contributed by atoms with E-state index in [0.29, 0.717) is 43.0 Å². The van der Waals surface area contributed by atoms with Crippen LogP contribution in [0.15, 0.2) is 18.2 Å². The number of carbonyl (C=O) groups is 1. The van der Waals surface area contributed by atoms with Crippen LogP contribution in [-0.4, -0.2) is 88.1 Å². The molecule has 1 amide bonds. The van der Waals surface area contributed by atoms with Crippen molar-refractivity contribution in [2.75, 3.05) is 44.7 Å². The quantitative estimate of drug-likeness (QED) is 0.296. The van der Waals surface area contributed by atoms with E-state index in [1.54, 1.807) is 4.90 Å². The molecule has 12 heteroatoms. The summed E-state index contributed by atoms with van der Waals surface area (Å²) in [7, 11) is 0.559. The van der Waals surface area contributed by atoms with Crippen molar-refractivity contribution in [1.29, 1.82) is 0 Å². The number of rotatable bonds is 9. The third-order valence-electron chi connectivity index (χ3n) is 11.2. The number of aliphatic hydroxyl groups is 1. The van der Waals surface area contributed by atoms with Gasteiger partial charge in [-0.1, -0.05) is 13.0 Å². The second-order valence-electron chi connectivity index (χ2n) is 14.1. The van der Waals surface area contributed by atoms with Crippen molar-refractivity contribution in [3.63, 3.8) is 0 Å². The molecule has 7 atom stereocenters. The Kier molecular flexibility index (Phi) is 10.6. The van der Waals surface area contributed by atoms with Gasteiger partial charge in [0.05, 0.1) is 6.10 Å². The lowest BCUT2D eigenvalue weighted by Gasteiger charge is -2.53. The van der Waals surface area contributed by atoms with Gasteiger partial charge in [-0.25, -0.2) is 4.79 Å². The Morgan fingerprint density at radius 1 is 1.07 bits per heavy atom. The van der Waals surface area contributed by atoms with Gasteiger partial charge in [-0.2, -0.15) is 22.0 Å². The van der Waals surface area contributed by atoms with Crippen LogP contribution in [0.4, 0.5) is 26.7 Å². The molecule has 1 aliphatic heterocycles. The standard InChI is InChI=1S/C33H47F5N2O4S/c1-31-13-11-26-25-8-7-24(44-30(42)40-15-5-14-39(2)16-17-40)21-23(25)20-22(29(26)27(31)9-10-28(31)41)6-3-18-45(43)19-4-12-32(34,35)33(36,37)38/h7-8,21-22,26-29,41H,3-6,9-20H2,1-2H3/t22-,26-,27+,28+,29-,31+,45?/m1/s1. The van der Waals surface area contributed by atoms with Crippen molar-refractivity contribution in [2.45, 2.75) is 95.3 Å². The molecule has 1 aromatic rings. The van der Waals surface area contributed by atoms with E-state index in [-0.39, 0.29) is 35.0 Å². The number of aliphatic hydroxyl groups excluding tert-OH is 1. The Morgan fingerprint density at radius 3 is 2.58 bits per heavy atom. The number of alkyl halides is 5. The molecule has 254 valence electrons. The highest BCUT2D eigenvalue weighted by Crippen LogP contribution is 2.62. The molecule has 2 saturated carbocycles. The van der Waals surface area contributed by atoms with Crippen LogP contribution in [0.1, 0.15) is 81.8 Å². The first-order valence-electron chi connectivity index (χ1n) is 16.5. The molecule has 1 heterocycles. The summed E-state index contributed by atoms with van der Waals surface area (Å²) in [4.78, 5) is 16.9. The van der Waals surface area contributed by atoms with Crippen molar-refractivity contribution in [2.24, 2.45) is 23.2 Å². The molecular weight excluding hydrogens is 615 g/mol. The first kappa shape index (κ1) is 34.5. The molecule has 0 bridgehead atoms. The molecule has 1 saturated heterocycles. The van der Waals surface area contributed by atoms with E-state index in [4.69, 9.17) is 4.74 Å². The van der Waals surface area contributed by atoms with E-state index < -0.39 is 35.7 Å². The molecule has 1 unspecified atom stereocenters. The fraction of sp³-hybridized carbons (Fsp3) is 0.788. The van der Waals surface area contributed by atoms with E-state index in [1.807, 2.05) is 19.2 Å². The number of hydrogen-bond acceptors (Lipinski definition) is 5. The molecular formula is C33H47F5N2O4S. The highest BCUT2D eigenvalue weighted by Gasteiger charge is 2.57. The van der Waals surface area contributed by atoms with Crippen LogP contribution in [-0.2, 0) is 17.2 Å². The lowest BCUT2D eigenvalue weighted by molar-refractivity contribution is -0.284. The Balaban J connectivity index is 1.26. The summed E-state index contributed by atoms with van der Waals surface area (Å²) in [5.41, 5.74) is 2.25. The zero-order chi connectivity index (χ0) is 32.6. The van der Waals surface area contributed by atoms with Crippen LogP contribution in [0.5, 0.6) is 5.75 Å². The second kappa shape index (κ2) is 13.7. The minimum Gasteiger partial charge on any atom is -0.410 e. The molecule has 3 fully saturated rings. The number of ether oxygens (including phenoxy) is 1. The van der Waals surface area contributed by atoms with E-state index in [9.17, 15) is 36.1 Å². The Bertz CT molecular complexity index is 1230. The molecule has 3 aliphatic carbocycles. The second-order valence-corrected chi connectivity index (χ2v) is 15.8. The van der Waals surface area contributed by atoms with Crippen LogP contribution >= 0.6 is 0 Å². The Hall–Kier alpha value is -1.79. The number of nitrogens with zero attached hydrogens (tertiary/aromatic N) is 2. The smallest absolute Gasteiger partial charge is 0.410 e. The maximum Gasteiger partial charge on any atom is 0.453 e. The number of likely N-dealkylation sites (N-methyl/N-ethyl adjacent to an activating group) is 1. The third-order valence-corrected chi connectivity index (χ3v) is 12.7. The van der Waals surface area contributed by atoms with E-state index in [1.165, 1.54) is 5.56 Å². The monoisotopic (exact) mass is 662 g/mol. The van der Waals surface area contributed by atoms with Crippen molar-refractivity contribution in [3.8, 4) is 5.75 Å². The van der Waals surface area contributed by atoms with E-state index >= 15 is 0 Å². The number of carbonyl (C=O) groups excluding carboxylic acids is 1. The molecule has 0 radical (unpaired) electrons. The Labute approximate surface area is 265 Å². The van der Waals surface area contributed by atoms with E-state index in [0.717, 1.165) is 63.6 Å². The van der Waals surface area contributed by atoms with Crippen LogP contribution in [0.2, 0.25) is 0 Å². The highest BCUT2D eigenvalue weighted by atomic mass is 32.2. The normalized spacial score (nSPS) is 31.5. The number of benzene rings is 1. The van der Waals surface area contributed by atoms with Crippen LogP contribution < -0.4 is 4.74 Å². The van der Waals surface area contributed by atoms with Gasteiger partial charge in [0.2, 0.25) is 0 Å². The molecule has 1 aromatic carbocycles. The van der Waals surface area contributed by atoms with Crippen molar-refractivity contribution >= 4 is 16.9 Å². The van der Waals surface area contributed by atoms with Gasteiger partial charge < -0.3 is 19.6 Å². The van der Waals surface area contributed by atoms with Crippen LogP contribution in [0.3, 0.4) is 0 Å². The van der Waals surface area contributed by atoms with Gasteiger partial charge in [0.15, 0.2) is 0 Å². The van der Waals surface area contributed by atoms with Gasteiger partial charge in [0, 0.05) is 48.4 Å². The minimum absolute atomic E-state index is 0.153. The van der Waals surface area contributed by atoms with Gasteiger partial charge in [-0.15, -0.1) is 0 Å². The lowest BCUT2D eigenvalue weighted by Crippen LogP contribution is -2.47. The maximum atomic E-state index is 13.3. The zero-order valence-corrected chi connectivity index (χ0v) is 27.1. The lowest BCUT2D eigenvalue weighted by atomic mass is 9.52. The third kappa shape index (κ3) is 7.53. The minimum atomic E-state index is -5.59. The van der Waals surface area contributed by atoms with Crippen molar-refractivity contribution < 1.29 is 40.8 Å². The van der Waals surface area contributed by atoms with Gasteiger partial charge in [-0.3, -0.25) is 4.21 Å². The topological polar surface area (TPSA) is 70.1 Å². The fourth-order valence-electron chi connectivity index (χ4n) is 8.68. The largest absolute Gasteiger partial charge is 0.453 e. The first-order valence-corrected chi connectivity index (χ1v) is 17.9. The summed E-state index contributed by atoms with van der Waals surface area (Å²) in [5, 5.41) is 10.9. The zero-order valence-electron chi connectivity index (χ0n) is 26.3. The molecule has 4 aliphatic rings. The fourth-order valence-corrected chi connectivity index (χ4v) is 9.84. The maximum absolute atomic E-state index is 13.3. The van der Waals surface area contributed by atoms with Gasteiger partial charge in [-0.05, 0) is 124 Å². The number of fused-ring (bicyclic) bond motifs is 5. The molecule has 0 aromatic heterocycles. The number of hydrogen-bond donors (Lipinski definition) is 1. The number of amides is 1. The molecule has 5 rings (SSSR count). The average molecular weight is 663 g/mol. The predicted octanol–water partition coefficient (Wildman–Crippen LogP) is 6.77. The van der Waals surface area contributed by atoms with Crippen LogP contribution in [0.25, 0.3) is 0 Å². The summed E-state index contributed by atoms with van der Waals surface area (Å²) in [6.45, 7) is 5.20. The summed E-state index contributed by atoms with van der Waals surface area (Å²) in [5.74, 6) is -2.97. The van der Waals surface area contributed by atoms with Gasteiger partial charge in [0.1, 0.15) is 5.75 Å². The molecule has 0 spiro atoms. The molecule has 1 N–H and O–H groups in total. The van der Waals surface area contributed by atoms with Crippen LogP contribution in [0, 0.1) is 23.2 Å². The summed E-state index contributed by atoms with van der Waals surface area (Å²) >= 11 is 0. The average Bonchev–Trinajstić information content (AvgIpc) is 3.11. The van der Waals surface area contributed by atoms with Crippen molar-refractivity contribution in [1.82, 2.24) is 9.80 Å².